The molecule has 2 amide bonds. The maximum atomic E-state index is 11.7. The number of para-hydroxylation sites is 1. The number of carboxylic acids is 1. The van der Waals surface area contributed by atoms with Gasteiger partial charge in [0.1, 0.15) is 5.76 Å². The molecule has 0 aliphatic rings. The van der Waals surface area contributed by atoms with Gasteiger partial charge in [0.2, 0.25) is 5.69 Å². The molecule has 0 unspecified atom stereocenters. The number of benzene rings is 1. The van der Waals surface area contributed by atoms with E-state index in [4.69, 9.17) is 9.63 Å². The van der Waals surface area contributed by atoms with Crippen molar-refractivity contribution < 1.29 is 19.2 Å². The molecule has 8 heteroatoms. The summed E-state index contributed by atoms with van der Waals surface area (Å²) in [6.07, 6.45) is 0. The van der Waals surface area contributed by atoms with E-state index in [1.165, 1.54) is 0 Å². The Morgan fingerprint density at radius 3 is 2.59 bits per heavy atom. The van der Waals surface area contributed by atoms with Gasteiger partial charge in [0.05, 0.1) is 11.3 Å². The van der Waals surface area contributed by atoms with E-state index >= 15 is 0 Å². The largest absolute Gasteiger partial charge is 0.476 e. The summed E-state index contributed by atoms with van der Waals surface area (Å²) in [6.45, 7) is 3.12. The van der Waals surface area contributed by atoms with Gasteiger partial charge in [-0.3, -0.25) is 0 Å². The van der Waals surface area contributed by atoms with E-state index in [1.807, 2.05) is 6.07 Å². The van der Waals surface area contributed by atoms with Crippen molar-refractivity contribution in [2.45, 2.75) is 13.8 Å². The van der Waals surface area contributed by atoms with E-state index in [0.717, 1.165) is 0 Å². The number of rotatable bonds is 4. The van der Waals surface area contributed by atoms with E-state index in [2.05, 4.69) is 21.0 Å². The fourth-order valence-corrected chi connectivity index (χ4v) is 1.82. The molecule has 0 spiro atoms. The first-order valence-corrected chi connectivity index (χ1v) is 6.35. The Morgan fingerprint density at radius 1 is 1.27 bits per heavy atom. The van der Waals surface area contributed by atoms with Gasteiger partial charge in [-0.1, -0.05) is 23.4 Å². The molecule has 0 fully saturated rings. The third-order valence-electron chi connectivity index (χ3n) is 2.78. The third-order valence-corrected chi connectivity index (χ3v) is 2.78. The standard InChI is InChI=1S/C14H14N4O4/c1-8(11-9(2)22-18-12(11)13(19)20)16-17-14(21)15-10-6-4-3-5-7-10/h3-7H,1-2H3,(H,19,20)(H2,15,17,21)/b16-8+. The van der Waals surface area contributed by atoms with Crippen LogP contribution in [-0.2, 0) is 0 Å². The Hall–Kier alpha value is -3.16. The van der Waals surface area contributed by atoms with Crippen LogP contribution >= 0.6 is 0 Å². The number of aryl methyl sites for hydroxylation is 1. The SMILES string of the molecule is C/C(=N\NC(=O)Nc1ccccc1)c1c(C(=O)O)noc1C. The molecule has 0 atom stereocenters. The zero-order valence-electron chi connectivity index (χ0n) is 12.0. The Morgan fingerprint density at radius 2 is 1.95 bits per heavy atom. The van der Waals surface area contributed by atoms with E-state index in [9.17, 15) is 9.59 Å². The summed E-state index contributed by atoms with van der Waals surface area (Å²) in [4.78, 5) is 22.7. The number of anilines is 1. The van der Waals surface area contributed by atoms with E-state index in [1.54, 1.807) is 38.1 Å². The van der Waals surface area contributed by atoms with Crippen LogP contribution in [0.15, 0.2) is 40.0 Å². The minimum absolute atomic E-state index is 0.243. The number of hydrazone groups is 1. The molecule has 0 saturated heterocycles. The number of nitrogens with zero attached hydrogens (tertiary/aromatic N) is 2. The highest BCUT2D eigenvalue weighted by atomic mass is 16.5. The average Bonchev–Trinajstić information content (AvgIpc) is 2.88. The number of carboxylic acid groups (broad SMARTS) is 1. The molecule has 0 aliphatic heterocycles. The molecule has 1 heterocycles. The number of hydrogen-bond donors (Lipinski definition) is 3. The van der Waals surface area contributed by atoms with E-state index in [-0.39, 0.29) is 17.0 Å². The number of hydrogen-bond acceptors (Lipinski definition) is 5. The lowest BCUT2D eigenvalue weighted by Gasteiger charge is -2.05. The molecular weight excluding hydrogens is 288 g/mol. The van der Waals surface area contributed by atoms with Gasteiger partial charge in [-0.25, -0.2) is 15.0 Å². The van der Waals surface area contributed by atoms with Gasteiger partial charge in [-0.15, -0.1) is 0 Å². The maximum absolute atomic E-state index is 11.7. The fourth-order valence-electron chi connectivity index (χ4n) is 1.82. The Balaban J connectivity index is 2.08. The van der Waals surface area contributed by atoms with Crippen LogP contribution in [0.5, 0.6) is 0 Å². The van der Waals surface area contributed by atoms with Crippen molar-refractivity contribution in [3.63, 3.8) is 0 Å². The number of urea groups is 1. The number of amides is 2. The number of nitrogens with one attached hydrogen (secondary N) is 2. The monoisotopic (exact) mass is 302 g/mol. The quantitative estimate of drug-likeness (QED) is 0.591. The molecule has 0 radical (unpaired) electrons. The predicted octanol–water partition coefficient (Wildman–Crippen LogP) is 2.23. The minimum Gasteiger partial charge on any atom is -0.476 e. The number of carbonyl (C=O) groups is 2. The average molecular weight is 302 g/mol. The molecule has 0 aliphatic carbocycles. The summed E-state index contributed by atoms with van der Waals surface area (Å²) in [5.41, 5.74) is 3.17. The molecule has 1 aromatic heterocycles. The molecule has 8 nitrogen and oxygen atoms in total. The van der Waals surface area contributed by atoms with Crippen LogP contribution in [0, 0.1) is 6.92 Å². The summed E-state index contributed by atoms with van der Waals surface area (Å²) in [5, 5.41) is 18.9. The highest BCUT2D eigenvalue weighted by Gasteiger charge is 2.21. The molecule has 22 heavy (non-hydrogen) atoms. The van der Waals surface area contributed by atoms with Gasteiger partial charge in [0, 0.05) is 5.69 Å². The van der Waals surface area contributed by atoms with Crippen molar-refractivity contribution in [2.24, 2.45) is 5.10 Å². The Bertz CT molecular complexity index is 722. The first-order valence-electron chi connectivity index (χ1n) is 6.35. The molecule has 3 N–H and O–H groups in total. The maximum Gasteiger partial charge on any atom is 0.358 e. The topological polar surface area (TPSA) is 117 Å². The highest BCUT2D eigenvalue weighted by Crippen LogP contribution is 2.14. The molecular formula is C14H14N4O4. The summed E-state index contributed by atoms with van der Waals surface area (Å²) < 4.78 is 4.84. The second kappa shape index (κ2) is 6.53. The third kappa shape index (κ3) is 3.48. The normalized spacial score (nSPS) is 11.1. The number of aromatic carboxylic acids is 1. The number of aromatic nitrogens is 1. The van der Waals surface area contributed by atoms with Crippen molar-refractivity contribution in [3.05, 3.63) is 47.3 Å². The highest BCUT2D eigenvalue weighted by molar-refractivity contribution is 6.07. The molecule has 114 valence electrons. The van der Waals surface area contributed by atoms with Crippen molar-refractivity contribution in [1.29, 1.82) is 0 Å². The molecule has 2 aromatic rings. The van der Waals surface area contributed by atoms with Crippen molar-refractivity contribution in [2.75, 3.05) is 5.32 Å². The van der Waals surface area contributed by atoms with Crippen LogP contribution in [0.1, 0.15) is 28.7 Å². The second-order valence-electron chi connectivity index (χ2n) is 4.40. The molecule has 0 bridgehead atoms. The van der Waals surface area contributed by atoms with E-state index in [0.29, 0.717) is 11.4 Å². The van der Waals surface area contributed by atoms with Gasteiger partial charge in [0.15, 0.2) is 0 Å². The van der Waals surface area contributed by atoms with Gasteiger partial charge < -0.3 is 14.9 Å². The molecule has 1 aromatic carbocycles. The van der Waals surface area contributed by atoms with Crippen LogP contribution in [0.4, 0.5) is 10.5 Å². The summed E-state index contributed by atoms with van der Waals surface area (Å²) in [5.74, 6) is -0.918. The summed E-state index contributed by atoms with van der Waals surface area (Å²) in [7, 11) is 0. The Labute approximate surface area is 125 Å². The predicted molar refractivity (Wildman–Crippen MR) is 79.0 cm³/mol. The molecule has 2 rings (SSSR count). The van der Waals surface area contributed by atoms with Crippen LogP contribution in [0.25, 0.3) is 0 Å². The summed E-state index contributed by atoms with van der Waals surface area (Å²) in [6, 6.07) is 8.30. The van der Waals surface area contributed by atoms with Crippen LogP contribution in [0.3, 0.4) is 0 Å². The lowest BCUT2D eigenvalue weighted by atomic mass is 10.1. The molecule has 0 saturated carbocycles. The van der Waals surface area contributed by atoms with Gasteiger partial charge in [0.25, 0.3) is 0 Å². The van der Waals surface area contributed by atoms with Crippen molar-refractivity contribution in [1.82, 2.24) is 10.6 Å². The van der Waals surface area contributed by atoms with Crippen LogP contribution in [-0.4, -0.2) is 28.0 Å². The number of carbonyl (C=O) groups excluding carboxylic acids is 1. The van der Waals surface area contributed by atoms with Gasteiger partial charge in [-0.05, 0) is 26.0 Å². The zero-order chi connectivity index (χ0) is 16.1. The lowest BCUT2D eigenvalue weighted by Crippen LogP contribution is -2.25. The Kier molecular flexibility index (Phi) is 4.52. The van der Waals surface area contributed by atoms with Crippen molar-refractivity contribution >= 4 is 23.4 Å². The van der Waals surface area contributed by atoms with E-state index < -0.39 is 12.0 Å². The van der Waals surface area contributed by atoms with Crippen molar-refractivity contribution in [3.8, 4) is 0 Å². The summed E-state index contributed by atoms with van der Waals surface area (Å²) >= 11 is 0. The minimum atomic E-state index is -1.23. The van der Waals surface area contributed by atoms with Crippen LogP contribution < -0.4 is 10.7 Å². The first-order chi connectivity index (χ1) is 10.5. The van der Waals surface area contributed by atoms with Crippen LogP contribution in [0.2, 0.25) is 0 Å². The lowest BCUT2D eigenvalue weighted by molar-refractivity contribution is 0.0685. The second-order valence-corrected chi connectivity index (χ2v) is 4.40. The fraction of sp³-hybridized carbons (Fsp3) is 0.143. The van der Waals surface area contributed by atoms with Gasteiger partial charge >= 0.3 is 12.0 Å². The van der Waals surface area contributed by atoms with Gasteiger partial charge in [-0.2, -0.15) is 5.10 Å². The first kappa shape index (κ1) is 15.2. The smallest absolute Gasteiger partial charge is 0.358 e. The zero-order valence-corrected chi connectivity index (χ0v) is 12.0.